The average Bonchev–Trinajstić information content (AvgIpc) is 3.05. The summed E-state index contributed by atoms with van der Waals surface area (Å²) in [6.45, 7) is 0. The van der Waals surface area contributed by atoms with Crippen molar-refractivity contribution in [2.45, 2.75) is 25.3 Å². The van der Waals surface area contributed by atoms with Gasteiger partial charge in [0.2, 0.25) is 5.91 Å². The molecular formula is C11H11Cl2NO3S. The number of nitrogens with one attached hydrogen (secondary N) is 1. The van der Waals surface area contributed by atoms with E-state index in [4.69, 9.17) is 28.3 Å². The zero-order chi connectivity index (χ0) is 13.3. The fraction of sp³-hybridized carbons (Fsp3) is 0.455. The van der Waals surface area contributed by atoms with Crippen molar-refractivity contribution in [1.82, 2.24) is 5.32 Å². The Bertz CT molecular complexity index is 485. The quantitative estimate of drug-likeness (QED) is 0.878. The van der Waals surface area contributed by atoms with Crippen molar-refractivity contribution < 1.29 is 14.7 Å². The van der Waals surface area contributed by atoms with E-state index in [1.54, 1.807) is 6.07 Å². The van der Waals surface area contributed by atoms with E-state index in [2.05, 4.69) is 5.32 Å². The first-order chi connectivity index (χ1) is 8.47. The largest absolute Gasteiger partial charge is 0.480 e. The highest BCUT2D eigenvalue weighted by Gasteiger charge is 2.32. The lowest BCUT2D eigenvalue weighted by atomic mass is 10.1. The summed E-state index contributed by atoms with van der Waals surface area (Å²) in [6.07, 6.45) is 1.82. The summed E-state index contributed by atoms with van der Waals surface area (Å²) in [6, 6.07) is 0.676. The number of halogens is 2. The zero-order valence-corrected chi connectivity index (χ0v) is 11.6. The van der Waals surface area contributed by atoms with E-state index < -0.39 is 12.0 Å². The number of carboxylic acids is 1. The lowest BCUT2D eigenvalue weighted by Crippen LogP contribution is -2.43. The van der Waals surface area contributed by atoms with Crippen molar-refractivity contribution in [3.05, 3.63) is 20.3 Å². The number of aliphatic carboxylic acids is 1. The maximum atomic E-state index is 11.6. The van der Waals surface area contributed by atoms with Crippen molar-refractivity contribution >= 4 is 46.4 Å². The van der Waals surface area contributed by atoms with E-state index in [0.717, 1.165) is 12.8 Å². The van der Waals surface area contributed by atoms with E-state index in [0.29, 0.717) is 14.2 Å². The standard InChI is InChI=1S/C11H11Cl2NO3S/c12-8-4-6(9(13)18-8)3-7(11(16)17)14-10(15)5-1-2-5/h4-5,7H,1-3H2,(H,14,15)(H,16,17). The molecule has 98 valence electrons. The molecule has 7 heteroatoms. The Labute approximate surface area is 118 Å². The predicted molar refractivity (Wildman–Crippen MR) is 70.3 cm³/mol. The van der Waals surface area contributed by atoms with Gasteiger partial charge in [0.05, 0.1) is 8.67 Å². The van der Waals surface area contributed by atoms with E-state index in [-0.39, 0.29) is 18.2 Å². The minimum Gasteiger partial charge on any atom is -0.480 e. The highest BCUT2D eigenvalue weighted by atomic mass is 35.5. The second-order valence-electron chi connectivity index (χ2n) is 4.23. The lowest BCUT2D eigenvalue weighted by molar-refractivity contribution is -0.142. The van der Waals surface area contributed by atoms with Crippen LogP contribution in [0.5, 0.6) is 0 Å². The first-order valence-corrected chi connectivity index (χ1v) is 7.01. The van der Waals surface area contributed by atoms with Crippen molar-refractivity contribution in [3.8, 4) is 0 Å². The fourth-order valence-corrected chi connectivity index (χ4v) is 3.08. The number of carbonyl (C=O) groups excluding carboxylic acids is 1. The van der Waals surface area contributed by atoms with Gasteiger partial charge in [-0.1, -0.05) is 23.2 Å². The topological polar surface area (TPSA) is 66.4 Å². The molecule has 1 aliphatic carbocycles. The van der Waals surface area contributed by atoms with Crippen LogP contribution < -0.4 is 5.32 Å². The molecule has 1 aliphatic rings. The predicted octanol–water partition coefficient (Wildman–Crippen LogP) is 2.58. The Morgan fingerprint density at radius 2 is 2.17 bits per heavy atom. The molecule has 18 heavy (non-hydrogen) atoms. The molecule has 0 aromatic carbocycles. The van der Waals surface area contributed by atoms with E-state index in [9.17, 15) is 9.59 Å². The Hall–Kier alpha value is -0.780. The van der Waals surface area contributed by atoms with Gasteiger partial charge in [-0.25, -0.2) is 4.79 Å². The van der Waals surface area contributed by atoms with Crippen molar-refractivity contribution in [2.75, 3.05) is 0 Å². The van der Waals surface area contributed by atoms with Gasteiger partial charge in [-0.2, -0.15) is 0 Å². The smallest absolute Gasteiger partial charge is 0.326 e. The molecule has 1 unspecified atom stereocenters. The molecule has 0 saturated heterocycles. The first kappa shape index (κ1) is 13.6. The Morgan fingerprint density at radius 1 is 1.50 bits per heavy atom. The van der Waals surface area contributed by atoms with Gasteiger partial charge in [0, 0.05) is 12.3 Å². The van der Waals surface area contributed by atoms with Crippen LogP contribution in [0.3, 0.4) is 0 Å². The number of thiophene rings is 1. The SMILES string of the molecule is O=C(NC(Cc1cc(Cl)sc1Cl)C(=O)O)C1CC1. The van der Waals surface area contributed by atoms with E-state index >= 15 is 0 Å². The number of hydrogen-bond acceptors (Lipinski definition) is 3. The summed E-state index contributed by atoms with van der Waals surface area (Å²) < 4.78 is 0.972. The third-order valence-electron chi connectivity index (χ3n) is 2.71. The monoisotopic (exact) mass is 307 g/mol. The summed E-state index contributed by atoms with van der Waals surface area (Å²) in [5.41, 5.74) is 0.648. The number of amides is 1. The molecule has 1 fully saturated rings. The summed E-state index contributed by atoms with van der Waals surface area (Å²) in [5.74, 6) is -1.28. The molecule has 2 rings (SSSR count). The molecule has 1 amide bonds. The highest BCUT2D eigenvalue weighted by molar-refractivity contribution is 7.20. The van der Waals surface area contributed by atoms with Crippen LogP contribution in [0.15, 0.2) is 6.07 Å². The van der Waals surface area contributed by atoms with E-state index in [1.807, 2.05) is 0 Å². The molecule has 0 bridgehead atoms. The Balaban J connectivity index is 2.03. The minimum atomic E-state index is -1.07. The average molecular weight is 308 g/mol. The first-order valence-electron chi connectivity index (χ1n) is 5.44. The van der Waals surface area contributed by atoms with E-state index in [1.165, 1.54) is 11.3 Å². The minimum absolute atomic E-state index is 0.0200. The molecule has 0 spiro atoms. The van der Waals surface area contributed by atoms with Crippen LogP contribution in [0.25, 0.3) is 0 Å². The van der Waals surface area contributed by atoms with Crippen LogP contribution in [0.1, 0.15) is 18.4 Å². The second-order valence-corrected chi connectivity index (χ2v) is 6.51. The van der Waals surface area contributed by atoms with Gasteiger partial charge in [-0.05, 0) is 24.5 Å². The normalized spacial score (nSPS) is 16.3. The zero-order valence-electron chi connectivity index (χ0n) is 9.28. The Morgan fingerprint density at radius 3 is 2.61 bits per heavy atom. The lowest BCUT2D eigenvalue weighted by Gasteiger charge is -2.13. The molecule has 1 atom stereocenters. The van der Waals surface area contributed by atoms with Crippen LogP contribution in [0.2, 0.25) is 8.67 Å². The molecular weight excluding hydrogens is 297 g/mol. The van der Waals surface area contributed by atoms with Gasteiger partial charge in [0.1, 0.15) is 6.04 Å². The number of rotatable bonds is 5. The molecule has 1 aromatic heterocycles. The second kappa shape index (κ2) is 5.47. The third-order valence-corrected chi connectivity index (χ3v) is 4.28. The van der Waals surface area contributed by atoms with Crippen LogP contribution in [-0.4, -0.2) is 23.0 Å². The molecule has 1 aromatic rings. The molecule has 4 nitrogen and oxygen atoms in total. The van der Waals surface area contributed by atoms with Crippen LogP contribution in [-0.2, 0) is 16.0 Å². The summed E-state index contributed by atoms with van der Waals surface area (Å²) >= 11 is 12.9. The van der Waals surface area contributed by atoms with Gasteiger partial charge in [-0.3, -0.25) is 4.79 Å². The summed E-state index contributed by atoms with van der Waals surface area (Å²) in [7, 11) is 0. The van der Waals surface area contributed by atoms with Crippen LogP contribution in [0.4, 0.5) is 0 Å². The van der Waals surface area contributed by atoms with Crippen molar-refractivity contribution in [3.63, 3.8) is 0 Å². The van der Waals surface area contributed by atoms with Crippen LogP contribution in [0, 0.1) is 5.92 Å². The molecule has 1 heterocycles. The summed E-state index contributed by atoms with van der Waals surface area (Å²) in [5, 5.41) is 11.6. The van der Waals surface area contributed by atoms with Crippen LogP contribution >= 0.6 is 34.5 Å². The van der Waals surface area contributed by atoms with Gasteiger partial charge >= 0.3 is 5.97 Å². The molecule has 0 aliphatic heterocycles. The highest BCUT2D eigenvalue weighted by Crippen LogP contribution is 2.32. The maximum absolute atomic E-state index is 11.6. The van der Waals surface area contributed by atoms with Crippen molar-refractivity contribution in [2.24, 2.45) is 5.92 Å². The van der Waals surface area contributed by atoms with Gasteiger partial charge in [0.15, 0.2) is 0 Å². The fourth-order valence-electron chi connectivity index (χ4n) is 1.57. The number of hydrogen-bond donors (Lipinski definition) is 2. The van der Waals surface area contributed by atoms with Gasteiger partial charge in [0.25, 0.3) is 0 Å². The van der Waals surface area contributed by atoms with Crippen molar-refractivity contribution in [1.29, 1.82) is 0 Å². The molecule has 1 saturated carbocycles. The van der Waals surface area contributed by atoms with Gasteiger partial charge < -0.3 is 10.4 Å². The number of carboxylic acid groups (broad SMARTS) is 1. The third kappa shape index (κ3) is 3.37. The number of carbonyl (C=O) groups is 2. The molecule has 2 N–H and O–H groups in total. The Kier molecular flexibility index (Phi) is 4.14. The van der Waals surface area contributed by atoms with Gasteiger partial charge in [-0.15, -0.1) is 11.3 Å². The summed E-state index contributed by atoms with van der Waals surface area (Å²) in [4.78, 5) is 22.7. The maximum Gasteiger partial charge on any atom is 0.326 e. The molecule has 0 radical (unpaired) electrons.